The van der Waals surface area contributed by atoms with Crippen LogP contribution >= 0.6 is 0 Å². The highest BCUT2D eigenvalue weighted by atomic mass is 28.4. The number of aliphatic hydroxyl groups excluding tert-OH is 1. The van der Waals surface area contributed by atoms with Crippen molar-refractivity contribution in [2.45, 2.75) is 116 Å². The summed E-state index contributed by atoms with van der Waals surface area (Å²) in [6, 6.07) is 3.79. The maximum absolute atomic E-state index is 10.4. The summed E-state index contributed by atoms with van der Waals surface area (Å²) in [5, 5.41) is 10.4. The zero-order chi connectivity index (χ0) is 20.8. The van der Waals surface area contributed by atoms with E-state index in [1.807, 2.05) is 6.92 Å². The van der Waals surface area contributed by atoms with E-state index < -0.39 is 8.32 Å². The standard InChI is InChI=1S/C26H46O2Si/c1-6-29(7-2,8-3)28-20-10-12-21-19(17-20)9-11-23-22(21)15-16-26(5)24(18(4)27)13-14-25(23)26/h17-18,20-25,27H,6-16H2,1-5H3/t18?,20?,21?,22?,23?,24-,25?,26-/m0/s1. The second-order valence-electron chi connectivity index (χ2n) is 11.3. The van der Waals surface area contributed by atoms with Crippen LogP contribution in [0.4, 0.5) is 0 Å². The molecule has 0 aromatic carbocycles. The van der Waals surface area contributed by atoms with Gasteiger partial charge in [0.05, 0.1) is 12.2 Å². The Labute approximate surface area is 181 Å². The number of hydrogen-bond acceptors (Lipinski definition) is 2. The van der Waals surface area contributed by atoms with E-state index in [4.69, 9.17) is 4.43 Å². The first kappa shape index (κ1) is 22.1. The Bertz CT molecular complexity index is 602. The van der Waals surface area contributed by atoms with E-state index in [9.17, 15) is 5.11 Å². The van der Waals surface area contributed by atoms with Gasteiger partial charge in [0.1, 0.15) is 0 Å². The first-order chi connectivity index (χ1) is 13.9. The molecule has 29 heavy (non-hydrogen) atoms. The molecule has 4 aliphatic rings. The van der Waals surface area contributed by atoms with Gasteiger partial charge in [-0.1, -0.05) is 39.3 Å². The molecule has 0 spiro atoms. The van der Waals surface area contributed by atoms with Crippen molar-refractivity contribution < 1.29 is 9.53 Å². The second-order valence-corrected chi connectivity index (χ2v) is 16.0. The first-order valence-corrected chi connectivity index (χ1v) is 15.5. The summed E-state index contributed by atoms with van der Waals surface area (Å²) in [5.41, 5.74) is 2.16. The van der Waals surface area contributed by atoms with Crippen molar-refractivity contribution in [3.8, 4) is 0 Å². The summed E-state index contributed by atoms with van der Waals surface area (Å²) in [6.45, 7) is 11.6. The minimum Gasteiger partial charge on any atom is -0.411 e. The fourth-order valence-corrected chi connectivity index (χ4v) is 11.4. The smallest absolute Gasteiger partial charge is 0.192 e. The Morgan fingerprint density at radius 2 is 1.76 bits per heavy atom. The van der Waals surface area contributed by atoms with Crippen LogP contribution < -0.4 is 0 Å². The number of aliphatic hydroxyl groups is 1. The van der Waals surface area contributed by atoms with Crippen LogP contribution in [0.2, 0.25) is 18.1 Å². The molecule has 0 bridgehead atoms. The fraction of sp³-hybridized carbons (Fsp3) is 0.923. The predicted octanol–water partition coefficient (Wildman–Crippen LogP) is 6.95. The molecule has 3 saturated carbocycles. The highest BCUT2D eigenvalue weighted by Gasteiger charge is 2.57. The minimum absolute atomic E-state index is 0.131. The van der Waals surface area contributed by atoms with Crippen molar-refractivity contribution in [3.63, 3.8) is 0 Å². The highest BCUT2D eigenvalue weighted by molar-refractivity contribution is 6.73. The van der Waals surface area contributed by atoms with Gasteiger partial charge < -0.3 is 9.53 Å². The lowest BCUT2D eigenvalue weighted by Crippen LogP contribution is -2.48. The normalized spacial score (nSPS) is 43.2. The molecule has 0 radical (unpaired) electrons. The van der Waals surface area contributed by atoms with Crippen LogP contribution in [0, 0.1) is 35.0 Å². The van der Waals surface area contributed by atoms with Gasteiger partial charge in [0, 0.05) is 0 Å². The summed E-state index contributed by atoms with van der Waals surface area (Å²) in [6.07, 6.45) is 13.6. The van der Waals surface area contributed by atoms with Crippen LogP contribution in [0.1, 0.15) is 86.0 Å². The number of allylic oxidation sites excluding steroid dienone is 1. The molecule has 8 atom stereocenters. The summed E-state index contributed by atoms with van der Waals surface area (Å²) >= 11 is 0. The van der Waals surface area contributed by atoms with E-state index in [-0.39, 0.29) is 6.10 Å². The molecule has 0 aromatic heterocycles. The van der Waals surface area contributed by atoms with Crippen molar-refractivity contribution in [3.05, 3.63) is 11.6 Å². The Morgan fingerprint density at radius 1 is 1.03 bits per heavy atom. The van der Waals surface area contributed by atoms with Crippen LogP contribution in [-0.2, 0) is 4.43 Å². The molecule has 0 saturated heterocycles. The summed E-state index contributed by atoms with van der Waals surface area (Å²) in [4.78, 5) is 0. The maximum atomic E-state index is 10.4. The molecule has 0 aromatic rings. The van der Waals surface area contributed by atoms with Crippen molar-refractivity contribution >= 4 is 8.32 Å². The van der Waals surface area contributed by atoms with Gasteiger partial charge in [-0.2, -0.15) is 0 Å². The third-order valence-corrected chi connectivity index (χ3v) is 15.1. The van der Waals surface area contributed by atoms with Crippen molar-refractivity contribution in [2.24, 2.45) is 35.0 Å². The molecule has 3 fully saturated rings. The topological polar surface area (TPSA) is 29.5 Å². The van der Waals surface area contributed by atoms with E-state index in [1.54, 1.807) is 5.57 Å². The molecule has 166 valence electrons. The average Bonchev–Trinajstić information content (AvgIpc) is 3.09. The average molecular weight is 419 g/mol. The van der Waals surface area contributed by atoms with Gasteiger partial charge in [0.15, 0.2) is 8.32 Å². The van der Waals surface area contributed by atoms with E-state index in [1.165, 1.54) is 69.5 Å². The minimum atomic E-state index is -1.51. The van der Waals surface area contributed by atoms with Gasteiger partial charge in [-0.25, -0.2) is 0 Å². The number of fused-ring (bicyclic) bond motifs is 5. The molecule has 0 amide bonds. The van der Waals surface area contributed by atoms with E-state index >= 15 is 0 Å². The molecule has 2 nitrogen and oxygen atoms in total. The lowest BCUT2D eigenvalue weighted by molar-refractivity contribution is -0.0503. The molecule has 6 unspecified atom stereocenters. The summed E-state index contributed by atoms with van der Waals surface area (Å²) in [7, 11) is -1.51. The zero-order valence-electron chi connectivity index (χ0n) is 19.8. The Hall–Kier alpha value is -0.123. The third-order valence-electron chi connectivity index (χ3n) is 10.4. The quantitative estimate of drug-likeness (QED) is 0.373. The predicted molar refractivity (Wildman–Crippen MR) is 124 cm³/mol. The lowest BCUT2D eigenvalue weighted by Gasteiger charge is -2.55. The van der Waals surface area contributed by atoms with Gasteiger partial charge in [-0.15, -0.1) is 0 Å². The van der Waals surface area contributed by atoms with Crippen molar-refractivity contribution in [2.75, 3.05) is 0 Å². The van der Waals surface area contributed by atoms with Crippen LogP contribution in [0.5, 0.6) is 0 Å². The number of rotatable bonds is 6. The van der Waals surface area contributed by atoms with Crippen molar-refractivity contribution in [1.29, 1.82) is 0 Å². The molecule has 1 N–H and O–H groups in total. The largest absolute Gasteiger partial charge is 0.411 e. The summed E-state index contributed by atoms with van der Waals surface area (Å²) in [5.74, 6) is 4.05. The zero-order valence-corrected chi connectivity index (χ0v) is 20.8. The van der Waals surface area contributed by atoms with Gasteiger partial charge in [0.25, 0.3) is 0 Å². The van der Waals surface area contributed by atoms with Crippen LogP contribution in [-0.4, -0.2) is 25.6 Å². The monoisotopic (exact) mass is 418 g/mol. The van der Waals surface area contributed by atoms with Crippen molar-refractivity contribution in [1.82, 2.24) is 0 Å². The van der Waals surface area contributed by atoms with Gasteiger partial charge in [-0.05, 0) is 111 Å². The Morgan fingerprint density at radius 3 is 2.41 bits per heavy atom. The fourth-order valence-electron chi connectivity index (χ4n) is 8.54. The van der Waals surface area contributed by atoms with Crippen LogP contribution in [0.3, 0.4) is 0 Å². The van der Waals surface area contributed by atoms with Gasteiger partial charge >= 0.3 is 0 Å². The third kappa shape index (κ3) is 3.72. The number of hydrogen-bond donors (Lipinski definition) is 1. The first-order valence-electron chi connectivity index (χ1n) is 12.9. The van der Waals surface area contributed by atoms with E-state index in [0.29, 0.717) is 17.4 Å². The SMILES string of the molecule is CC[Si](CC)(CC)OC1C=C2CCC3C(CC[C@]4(C)C3CC[C@H]4C(C)O)C2CC1. The van der Waals surface area contributed by atoms with Crippen LogP contribution in [0.15, 0.2) is 11.6 Å². The molecule has 3 heteroatoms. The Kier molecular flexibility index (Phi) is 6.42. The molecule has 4 rings (SSSR count). The second kappa shape index (κ2) is 8.43. The Balaban J connectivity index is 1.48. The van der Waals surface area contributed by atoms with Crippen LogP contribution in [0.25, 0.3) is 0 Å². The van der Waals surface area contributed by atoms with E-state index in [2.05, 4.69) is 33.8 Å². The maximum Gasteiger partial charge on any atom is 0.192 e. The molecule has 4 aliphatic carbocycles. The van der Waals surface area contributed by atoms with Gasteiger partial charge in [0.2, 0.25) is 0 Å². The molecule has 0 aliphatic heterocycles. The molecular weight excluding hydrogens is 372 g/mol. The van der Waals surface area contributed by atoms with Gasteiger partial charge in [-0.3, -0.25) is 0 Å². The lowest BCUT2D eigenvalue weighted by atomic mass is 9.51. The highest BCUT2D eigenvalue weighted by Crippen LogP contribution is 2.64. The van der Waals surface area contributed by atoms with E-state index in [0.717, 1.165) is 23.7 Å². The molecule has 0 heterocycles. The summed E-state index contributed by atoms with van der Waals surface area (Å²) < 4.78 is 6.87. The molecular formula is C26H46O2Si.